The third-order valence-electron chi connectivity index (χ3n) is 3.38. The Kier molecular flexibility index (Phi) is 6.67. The average Bonchev–Trinajstić information content (AvgIpc) is 2.57. The van der Waals surface area contributed by atoms with Crippen LogP contribution >= 0.6 is 15.9 Å². The van der Waals surface area contributed by atoms with Gasteiger partial charge in [-0.1, -0.05) is 22.9 Å². The van der Waals surface area contributed by atoms with Gasteiger partial charge in [-0.15, -0.1) is 0 Å². The molecule has 0 aliphatic heterocycles. The van der Waals surface area contributed by atoms with E-state index in [0.29, 0.717) is 30.3 Å². The molecule has 0 saturated carbocycles. The predicted octanol–water partition coefficient (Wildman–Crippen LogP) is 5.20. The first-order valence-electron chi connectivity index (χ1n) is 8.02. The highest BCUT2D eigenvalue weighted by molar-refractivity contribution is 9.10. The van der Waals surface area contributed by atoms with Gasteiger partial charge in [-0.3, -0.25) is 4.79 Å². The van der Waals surface area contributed by atoms with Crippen molar-refractivity contribution in [2.45, 2.75) is 27.2 Å². The maximum absolute atomic E-state index is 12.5. The van der Waals surface area contributed by atoms with Gasteiger partial charge in [-0.25, -0.2) is 0 Å². The van der Waals surface area contributed by atoms with Crippen molar-refractivity contribution in [3.63, 3.8) is 0 Å². The minimum absolute atomic E-state index is 0.181. The zero-order valence-electron chi connectivity index (χ0n) is 14.2. The largest absolute Gasteiger partial charge is 0.490 e. The van der Waals surface area contributed by atoms with E-state index in [9.17, 15) is 4.79 Å². The van der Waals surface area contributed by atoms with Crippen LogP contribution in [0.25, 0.3) is 0 Å². The molecule has 1 amide bonds. The number of amides is 1. The van der Waals surface area contributed by atoms with Gasteiger partial charge in [0.15, 0.2) is 11.5 Å². The van der Waals surface area contributed by atoms with Crippen LogP contribution in [-0.2, 0) is 0 Å². The Morgan fingerprint density at radius 3 is 2.54 bits per heavy atom. The molecule has 0 atom stereocenters. The fourth-order valence-corrected chi connectivity index (χ4v) is 2.42. The fourth-order valence-electron chi connectivity index (χ4n) is 2.17. The van der Waals surface area contributed by atoms with Crippen molar-refractivity contribution < 1.29 is 14.3 Å². The van der Waals surface area contributed by atoms with Gasteiger partial charge in [0.05, 0.1) is 13.2 Å². The summed E-state index contributed by atoms with van der Waals surface area (Å²) in [6, 6.07) is 10.9. The number of anilines is 1. The molecule has 2 aromatic carbocycles. The Bertz CT molecular complexity index is 716. The molecule has 0 bridgehead atoms. The number of ether oxygens (including phenoxy) is 2. The van der Waals surface area contributed by atoms with Crippen LogP contribution in [-0.4, -0.2) is 19.1 Å². The molecule has 128 valence electrons. The standard InChI is InChI=1S/C19H22BrNO3/c1-4-10-24-17-9-6-14(12-18(17)23-5-2)19(22)21-15-7-8-16(20)13(3)11-15/h6-9,11-12H,4-5,10H2,1-3H3,(H,21,22). The van der Waals surface area contributed by atoms with E-state index in [0.717, 1.165) is 22.1 Å². The molecule has 0 aliphatic rings. The molecule has 0 radical (unpaired) electrons. The summed E-state index contributed by atoms with van der Waals surface area (Å²) in [7, 11) is 0. The van der Waals surface area contributed by atoms with E-state index in [1.807, 2.05) is 39.0 Å². The molecule has 0 aliphatic carbocycles. The van der Waals surface area contributed by atoms with Gasteiger partial charge >= 0.3 is 0 Å². The molecule has 1 N–H and O–H groups in total. The molecular weight excluding hydrogens is 370 g/mol. The zero-order valence-corrected chi connectivity index (χ0v) is 15.8. The van der Waals surface area contributed by atoms with Crippen LogP contribution in [0, 0.1) is 6.92 Å². The molecule has 0 fully saturated rings. The monoisotopic (exact) mass is 391 g/mol. The smallest absolute Gasteiger partial charge is 0.255 e. The number of nitrogens with one attached hydrogen (secondary N) is 1. The third-order valence-corrected chi connectivity index (χ3v) is 4.27. The molecule has 0 spiro atoms. The summed E-state index contributed by atoms with van der Waals surface area (Å²) in [5.41, 5.74) is 2.35. The van der Waals surface area contributed by atoms with Crippen molar-refractivity contribution in [3.8, 4) is 11.5 Å². The molecule has 5 heteroatoms. The highest BCUT2D eigenvalue weighted by Crippen LogP contribution is 2.29. The summed E-state index contributed by atoms with van der Waals surface area (Å²) in [6.07, 6.45) is 0.913. The number of rotatable bonds is 7. The first-order valence-corrected chi connectivity index (χ1v) is 8.81. The molecule has 2 rings (SSSR count). The zero-order chi connectivity index (χ0) is 17.5. The number of hydrogen-bond acceptors (Lipinski definition) is 3. The highest BCUT2D eigenvalue weighted by atomic mass is 79.9. The van der Waals surface area contributed by atoms with Crippen molar-refractivity contribution in [1.82, 2.24) is 0 Å². The number of carbonyl (C=O) groups excluding carboxylic acids is 1. The minimum Gasteiger partial charge on any atom is -0.490 e. The number of halogens is 1. The lowest BCUT2D eigenvalue weighted by molar-refractivity contribution is 0.102. The Morgan fingerprint density at radius 1 is 1.08 bits per heavy atom. The normalized spacial score (nSPS) is 10.3. The number of aryl methyl sites for hydroxylation is 1. The summed E-state index contributed by atoms with van der Waals surface area (Å²) in [6.45, 7) is 7.05. The van der Waals surface area contributed by atoms with Crippen molar-refractivity contribution in [3.05, 3.63) is 52.0 Å². The summed E-state index contributed by atoms with van der Waals surface area (Å²) in [5.74, 6) is 1.07. The molecule has 2 aromatic rings. The highest BCUT2D eigenvalue weighted by Gasteiger charge is 2.12. The van der Waals surface area contributed by atoms with Gasteiger partial charge in [0.25, 0.3) is 5.91 Å². The Morgan fingerprint density at radius 2 is 1.88 bits per heavy atom. The number of hydrogen-bond donors (Lipinski definition) is 1. The quantitative estimate of drug-likeness (QED) is 0.705. The van der Waals surface area contributed by atoms with Gasteiger partial charge in [-0.05, 0) is 62.2 Å². The molecule has 4 nitrogen and oxygen atoms in total. The lowest BCUT2D eigenvalue weighted by Crippen LogP contribution is -2.12. The molecule has 0 saturated heterocycles. The van der Waals surface area contributed by atoms with Crippen LogP contribution in [0.15, 0.2) is 40.9 Å². The van der Waals surface area contributed by atoms with E-state index in [4.69, 9.17) is 9.47 Å². The Hall–Kier alpha value is -2.01. The van der Waals surface area contributed by atoms with Crippen LogP contribution in [0.5, 0.6) is 11.5 Å². The van der Waals surface area contributed by atoms with Crippen LogP contribution in [0.2, 0.25) is 0 Å². The second-order valence-electron chi connectivity index (χ2n) is 5.36. The van der Waals surface area contributed by atoms with E-state index in [2.05, 4.69) is 21.2 Å². The summed E-state index contributed by atoms with van der Waals surface area (Å²) >= 11 is 3.45. The molecular formula is C19H22BrNO3. The Balaban J connectivity index is 2.18. The second-order valence-corrected chi connectivity index (χ2v) is 6.22. The van der Waals surface area contributed by atoms with Gasteiger partial charge in [0, 0.05) is 15.7 Å². The maximum atomic E-state index is 12.5. The van der Waals surface area contributed by atoms with E-state index < -0.39 is 0 Å². The minimum atomic E-state index is -0.181. The van der Waals surface area contributed by atoms with Gasteiger partial charge in [0.2, 0.25) is 0 Å². The number of carbonyl (C=O) groups is 1. The third kappa shape index (κ3) is 4.74. The van der Waals surface area contributed by atoms with Crippen molar-refractivity contribution in [2.75, 3.05) is 18.5 Å². The van der Waals surface area contributed by atoms with E-state index >= 15 is 0 Å². The van der Waals surface area contributed by atoms with Crippen LogP contribution < -0.4 is 14.8 Å². The lowest BCUT2D eigenvalue weighted by Gasteiger charge is -2.13. The lowest BCUT2D eigenvalue weighted by atomic mass is 10.1. The molecule has 0 heterocycles. The first kappa shape index (κ1) is 18.3. The summed E-state index contributed by atoms with van der Waals surface area (Å²) in [4.78, 5) is 12.5. The topological polar surface area (TPSA) is 47.6 Å². The fraction of sp³-hybridized carbons (Fsp3) is 0.316. The van der Waals surface area contributed by atoms with Crippen LogP contribution in [0.4, 0.5) is 5.69 Å². The first-order chi connectivity index (χ1) is 11.5. The second kappa shape index (κ2) is 8.73. The van der Waals surface area contributed by atoms with Crippen molar-refractivity contribution >= 4 is 27.5 Å². The molecule has 24 heavy (non-hydrogen) atoms. The van der Waals surface area contributed by atoms with Crippen LogP contribution in [0.3, 0.4) is 0 Å². The van der Waals surface area contributed by atoms with E-state index in [1.54, 1.807) is 18.2 Å². The molecule has 0 unspecified atom stereocenters. The van der Waals surface area contributed by atoms with E-state index in [-0.39, 0.29) is 5.91 Å². The Labute approximate surface area is 151 Å². The van der Waals surface area contributed by atoms with Gasteiger partial charge in [-0.2, -0.15) is 0 Å². The van der Waals surface area contributed by atoms with Crippen molar-refractivity contribution in [1.29, 1.82) is 0 Å². The predicted molar refractivity (Wildman–Crippen MR) is 100 cm³/mol. The maximum Gasteiger partial charge on any atom is 0.255 e. The summed E-state index contributed by atoms with van der Waals surface area (Å²) in [5, 5.41) is 2.90. The molecule has 0 aromatic heterocycles. The van der Waals surface area contributed by atoms with Crippen LogP contribution in [0.1, 0.15) is 36.2 Å². The SMILES string of the molecule is CCCOc1ccc(C(=O)Nc2ccc(Br)c(C)c2)cc1OCC. The van der Waals surface area contributed by atoms with Gasteiger partial charge in [0.1, 0.15) is 0 Å². The number of benzene rings is 2. The van der Waals surface area contributed by atoms with Gasteiger partial charge < -0.3 is 14.8 Å². The average molecular weight is 392 g/mol. The van der Waals surface area contributed by atoms with E-state index in [1.165, 1.54) is 0 Å². The van der Waals surface area contributed by atoms with Crippen molar-refractivity contribution in [2.24, 2.45) is 0 Å². The summed E-state index contributed by atoms with van der Waals surface area (Å²) < 4.78 is 12.3.